The summed E-state index contributed by atoms with van der Waals surface area (Å²) in [5.74, 6) is -1.14. The van der Waals surface area contributed by atoms with Crippen LogP contribution in [0.1, 0.15) is 33.3 Å². The fourth-order valence-electron chi connectivity index (χ4n) is 2.58. The first-order valence-corrected chi connectivity index (χ1v) is 8.38. The standard InChI is InChI=1S/C19H13ClF3N3O2/c1-11(27)12-5-7-14(8-6-12)25-18(28)16-10-24-26(17(16)19(21,22)23)15-4-2-3-13(20)9-15/h2-10H,1H3,(H,25,28). The zero-order valence-corrected chi connectivity index (χ0v) is 15.2. The molecular weight excluding hydrogens is 395 g/mol. The van der Waals surface area contributed by atoms with Crippen LogP contribution in [0.15, 0.2) is 54.7 Å². The number of nitrogens with zero attached hydrogens (tertiary/aromatic N) is 2. The van der Waals surface area contributed by atoms with Crippen molar-refractivity contribution in [2.45, 2.75) is 13.1 Å². The number of aromatic nitrogens is 2. The first kappa shape index (κ1) is 19.6. The van der Waals surface area contributed by atoms with Gasteiger partial charge in [0.05, 0.1) is 17.4 Å². The first-order valence-electron chi connectivity index (χ1n) is 8.00. The molecule has 1 heterocycles. The van der Waals surface area contributed by atoms with E-state index in [4.69, 9.17) is 11.6 Å². The smallest absolute Gasteiger partial charge is 0.322 e. The summed E-state index contributed by atoms with van der Waals surface area (Å²) in [7, 11) is 0. The highest BCUT2D eigenvalue weighted by atomic mass is 35.5. The molecule has 0 fully saturated rings. The van der Waals surface area contributed by atoms with Crippen LogP contribution in [-0.2, 0) is 6.18 Å². The molecule has 1 N–H and O–H groups in total. The molecule has 3 rings (SSSR count). The Morgan fingerprint density at radius 1 is 1.11 bits per heavy atom. The van der Waals surface area contributed by atoms with Gasteiger partial charge in [0.2, 0.25) is 0 Å². The van der Waals surface area contributed by atoms with Gasteiger partial charge in [0, 0.05) is 16.3 Å². The maximum absolute atomic E-state index is 13.7. The second-order valence-corrected chi connectivity index (χ2v) is 6.32. The van der Waals surface area contributed by atoms with E-state index in [9.17, 15) is 22.8 Å². The van der Waals surface area contributed by atoms with Crippen LogP contribution in [0.2, 0.25) is 5.02 Å². The minimum Gasteiger partial charge on any atom is -0.322 e. The summed E-state index contributed by atoms with van der Waals surface area (Å²) in [4.78, 5) is 23.7. The number of anilines is 1. The summed E-state index contributed by atoms with van der Waals surface area (Å²) >= 11 is 5.85. The van der Waals surface area contributed by atoms with E-state index >= 15 is 0 Å². The van der Waals surface area contributed by atoms with Crippen molar-refractivity contribution < 1.29 is 22.8 Å². The predicted molar refractivity (Wildman–Crippen MR) is 98.0 cm³/mol. The van der Waals surface area contributed by atoms with Crippen molar-refractivity contribution >= 4 is 29.0 Å². The van der Waals surface area contributed by atoms with Gasteiger partial charge >= 0.3 is 6.18 Å². The van der Waals surface area contributed by atoms with Crippen molar-refractivity contribution in [3.05, 3.63) is 76.6 Å². The average molecular weight is 408 g/mol. The first-order chi connectivity index (χ1) is 13.2. The van der Waals surface area contributed by atoms with Crippen LogP contribution >= 0.6 is 11.6 Å². The molecule has 0 radical (unpaired) electrons. The Morgan fingerprint density at radius 2 is 1.79 bits per heavy atom. The molecule has 0 spiro atoms. The monoisotopic (exact) mass is 407 g/mol. The summed E-state index contributed by atoms with van der Waals surface area (Å²) < 4.78 is 41.6. The molecule has 0 bridgehead atoms. The van der Waals surface area contributed by atoms with Crippen molar-refractivity contribution in [2.75, 3.05) is 5.32 Å². The van der Waals surface area contributed by atoms with Crippen LogP contribution in [0, 0.1) is 0 Å². The van der Waals surface area contributed by atoms with Gasteiger partial charge in [-0.25, -0.2) is 4.68 Å². The molecule has 3 aromatic rings. The van der Waals surface area contributed by atoms with E-state index in [0.29, 0.717) is 10.2 Å². The molecule has 144 valence electrons. The number of halogens is 4. The van der Waals surface area contributed by atoms with Gasteiger partial charge < -0.3 is 5.32 Å². The molecule has 0 unspecified atom stereocenters. The van der Waals surface area contributed by atoms with Crippen LogP contribution in [0.4, 0.5) is 18.9 Å². The molecule has 1 aromatic heterocycles. The Bertz CT molecular complexity index is 1040. The van der Waals surface area contributed by atoms with Gasteiger partial charge in [-0.05, 0) is 49.4 Å². The Balaban J connectivity index is 1.97. The minimum atomic E-state index is -4.83. The molecule has 5 nitrogen and oxygen atoms in total. The van der Waals surface area contributed by atoms with Gasteiger partial charge in [0.15, 0.2) is 11.5 Å². The van der Waals surface area contributed by atoms with E-state index in [1.165, 1.54) is 55.5 Å². The molecule has 0 aliphatic heterocycles. The zero-order chi connectivity index (χ0) is 20.5. The molecular formula is C19H13ClF3N3O2. The van der Waals surface area contributed by atoms with E-state index in [0.717, 1.165) is 6.20 Å². The van der Waals surface area contributed by atoms with Crippen molar-refractivity contribution in [2.24, 2.45) is 0 Å². The van der Waals surface area contributed by atoms with Gasteiger partial charge in [-0.3, -0.25) is 9.59 Å². The number of rotatable bonds is 4. The maximum Gasteiger partial charge on any atom is 0.434 e. The third-order valence-electron chi connectivity index (χ3n) is 3.88. The predicted octanol–water partition coefficient (Wildman–Crippen LogP) is 5.00. The van der Waals surface area contributed by atoms with Crippen LogP contribution in [0.3, 0.4) is 0 Å². The van der Waals surface area contributed by atoms with Crippen LogP contribution in [0.5, 0.6) is 0 Å². The number of hydrogen-bond acceptors (Lipinski definition) is 3. The summed E-state index contributed by atoms with van der Waals surface area (Å²) in [6.07, 6.45) is -3.98. The summed E-state index contributed by atoms with van der Waals surface area (Å²) in [6.45, 7) is 1.38. The minimum absolute atomic E-state index is 0.0738. The maximum atomic E-state index is 13.7. The number of ketones is 1. The van der Waals surface area contributed by atoms with Crippen molar-refractivity contribution in [1.82, 2.24) is 9.78 Å². The van der Waals surface area contributed by atoms with Crippen molar-refractivity contribution in [1.29, 1.82) is 0 Å². The second kappa shape index (κ2) is 7.47. The van der Waals surface area contributed by atoms with E-state index in [2.05, 4.69) is 10.4 Å². The van der Waals surface area contributed by atoms with Crippen LogP contribution in [0.25, 0.3) is 5.69 Å². The van der Waals surface area contributed by atoms with Crippen molar-refractivity contribution in [3.63, 3.8) is 0 Å². The highest BCUT2D eigenvalue weighted by Crippen LogP contribution is 2.34. The summed E-state index contributed by atoms with van der Waals surface area (Å²) in [5.41, 5.74) is -1.11. The van der Waals surface area contributed by atoms with E-state index in [1.54, 1.807) is 0 Å². The molecule has 0 aliphatic carbocycles. The SMILES string of the molecule is CC(=O)c1ccc(NC(=O)c2cnn(-c3cccc(Cl)c3)c2C(F)(F)F)cc1. The number of benzene rings is 2. The number of amides is 1. The summed E-state index contributed by atoms with van der Waals surface area (Å²) in [5, 5.41) is 6.34. The number of carbonyl (C=O) groups excluding carboxylic acids is 2. The molecule has 0 saturated heterocycles. The second-order valence-electron chi connectivity index (χ2n) is 5.88. The van der Waals surface area contributed by atoms with Crippen molar-refractivity contribution in [3.8, 4) is 5.69 Å². The number of carbonyl (C=O) groups is 2. The number of nitrogens with one attached hydrogen (secondary N) is 1. The highest BCUT2D eigenvalue weighted by Gasteiger charge is 2.40. The van der Waals surface area contributed by atoms with Gasteiger partial charge in [-0.2, -0.15) is 18.3 Å². The lowest BCUT2D eigenvalue weighted by atomic mass is 10.1. The lowest BCUT2D eigenvalue weighted by molar-refractivity contribution is -0.143. The fraction of sp³-hybridized carbons (Fsp3) is 0.105. The third kappa shape index (κ3) is 4.07. The van der Waals surface area contributed by atoms with Crippen LogP contribution < -0.4 is 5.32 Å². The molecule has 0 saturated carbocycles. The Kier molecular flexibility index (Phi) is 5.24. The third-order valence-corrected chi connectivity index (χ3v) is 4.12. The largest absolute Gasteiger partial charge is 0.434 e. The molecule has 28 heavy (non-hydrogen) atoms. The van der Waals surface area contributed by atoms with Gasteiger partial charge in [-0.15, -0.1) is 0 Å². The van der Waals surface area contributed by atoms with Gasteiger partial charge in [0.25, 0.3) is 5.91 Å². The topological polar surface area (TPSA) is 64.0 Å². The lowest BCUT2D eigenvalue weighted by Crippen LogP contribution is -2.20. The summed E-state index contributed by atoms with van der Waals surface area (Å²) in [6, 6.07) is 11.5. The number of hydrogen-bond donors (Lipinski definition) is 1. The van der Waals surface area contributed by atoms with E-state index in [1.807, 2.05) is 0 Å². The molecule has 1 amide bonds. The lowest BCUT2D eigenvalue weighted by Gasteiger charge is -2.13. The molecule has 0 aliphatic rings. The fourth-order valence-corrected chi connectivity index (χ4v) is 2.76. The highest BCUT2D eigenvalue weighted by molar-refractivity contribution is 6.30. The quantitative estimate of drug-likeness (QED) is 0.619. The Morgan fingerprint density at radius 3 is 2.36 bits per heavy atom. The van der Waals surface area contributed by atoms with Crippen LogP contribution in [-0.4, -0.2) is 21.5 Å². The van der Waals surface area contributed by atoms with Gasteiger partial charge in [0.1, 0.15) is 0 Å². The average Bonchev–Trinajstić information content (AvgIpc) is 3.08. The number of Topliss-reactive ketones (excluding diaryl/α,β-unsaturated/α-hetero) is 1. The molecule has 0 atom stereocenters. The molecule has 2 aromatic carbocycles. The van der Waals surface area contributed by atoms with E-state index < -0.39 is 23.3 Å². The Labute approximate surface area is 162 Å². The molecule has 9 heteroatoms. The Hall–Kier alpha value is -3.13. The van der Waals surface area contributed by atoms with Gasteiger partial charge in [-0.1, -0.05) is 17.7 Å². The number of alkyl halides is 3. The zero-order valence-electron chi connectivity index (χ0n) is 14.4. The van der Waals surface area contributed by atoms with E-state index in [-0.39, 0.29) is 22.2 Å². The normalized spacial score (nSPS) is 11.3.